The molecule has 0 spiro atoms. The third-order valence-corrected chi connectivity index (χ3v) is 6.23. The Morgan fingerprint density at radius 3 is 2.23 bits per heavy atom. The molecule has 1 aliphatic rings. The fourth-order valence-corrected chi connectivity index (χ4v) is 4.64. The first-order valence-corrected chi connectivity index (χ1v) is 10.7. The van der Waals surface area contributed by atoms with Gasteiger partial charge in [0.05, 0.1) is 29.2 Å². The van der Waals surface area contributed by atoms with Crippen molar-refractivity contribution in [1.29, 1.82) is 0 Å². The number of phenolic OH excluding ortho intramolecular Hbond substituents is 2. The molecule has 0 radical (unpaired) electrons. The number of hydrogen-bond acceptors (Lipinski definition) is 3. The molecule has 1 aliphatic heterocycles. The van der Waals surface area contributed by atoms with Crippen molar-refractivity contribution in [2.75, 3.05) is 13.1 Å². The molecular weight excluding hydrogens is 398 g/mol. The van der Waals surface area contributed by atoms with Crippen LogP contribution in [0.25, 0.3) is 0 Å². The standard InChI is InChI=1S/C25H24ClNO3/c26-20-12-6-5-11-18(20)23(27-15-7-2-8-16-27)22-21(28)14-13-19(25(22)30)24(29)17-9-3-1-4-10-17/h1,3-6,9-14,23,28,30H,2,7-8,15-16H2/p+1/t23-/m1/s1. The van der Waals surface area contributed by atoms with Gasteiger partial charge in [0.2, 0.25) is 0 Å². The van der Waals surface area contributed by atoms with Gasteiger partial charge in [-0.1, -0.05) is 60.1 Å². The van der Waals surface area contributed by atoms with Crippen LogP contribution in [-0.4, -0.2) is 29.1 Å². The van der Waals surface area contributed by atoms with E-state index < -0.39 is 0 Å². The lowest BCUT2D eigenvalue weighted by Gasteiger charge is -2.33. The summed E-state index contributed by atoms with van der Waals surface area (Å²) in [6, 6.07) is 19.0. The van der Waals surface area contributed by atoms with Gasteiger partial charge in [0.25, 0.3) is 0 Å². The minimum Gasteiger partial charge on any atom is -0.507 e. The highest BCUT2D eigenvalue weighted by Crippen LogP contribution is 2.40. The summed E-state index contributed by atoms with van der Waals surface area (Å²) in [6.07, 6.45) is 3.31. The van der Waals surface area contributed by atoms with Crippen LogP contribution >= 0.6 is 11.6 Å². The first-order valence-electron chi connectivity index (χ1n) is 10.3. The number of aromatic hydroxyl groups is 2. The predicted molar refractivity (Wildman–Crippen MR) is 117 cm³/mol. The first-order chi connectivity index (χ1) is 14.6. The molecule has 0 amide bonds. The van der Waals surface area contributed by atoms with Crippen molar-refractivity contribution in [2.45, 2.75) is 25.3 Å². The van der Waals surface area contributed by atoms with Crippen molar-refractivity contribution in [3.8, 4) is 11.5 Å². The maximum Gasteiger partial charge on any atom is 0.196 e. The number of carbonyl (C=O) groups excluding carboxylic acids is 1. The van der Waals surface area contributed by atoms with E-state index in [2.05, 4.69) is 0 Å². The molecule has 0 saturated carbocycles. The average molecular weight is 423 g/mol. The molecule has 0 aromatic heterocycles. The zero-order chi connectivity index (χ0) is 21.1. The van der Waals surface area contributed by atoms with Crippen LogP contribution < -0.4 is 4.90 Å². The molecular formula is C25H25ClNO3+. The molecule has 0 bridgehead atoms. The van der Waals surface area contributed by atoms with E-state index in [1.807, 2.05) is 30.3 Å². The van der Waals surface area contributed by atoms with Gasteiger partial charge in [-0.2, -0.15) is 0 Å². The minimum atomic E-state index is -0.359. The topological polar surface area (TPSA) is 62.0 Å². The third-order valence-electron chi connectivity index (χ3n) is 5.88. The number of phenols is 2. The molecule has 1 fully saturated rings. The SMILES string of the molecule is O=C(c1ccccc1)c1ccc(O)c([C@@H](c2ccccc2Cl)[NH+]2CCCCC2)c1O. The summed E-state index contributed by atoms with van der Waals surface area (Å²) >= 11 is 6.55. The fraction of sp³-hybridized carbons (Fsp3) is 0.240. The van der Waals surface area contributed by atoms with Gasteiger partial charge in [-0.05, 0) is 37.5 Å². The summed E-state index contributed by atoms with van der Waals surface area (Å²) in [5, 5.41) is 22.6. The van der Waals surface area contributed by atoms with Crippen LogP contribution in [0.5, 0.6) is 11.5 Å². The molecule has 1 heterocycles. The molecule has 4 rings (SSSR count). The minimum absolute atomic E-state index is 0.0277. The number of ketones is 1. The lowest BCUT2D eigenvalue weighted by Crippen LogP contribution is -3.13. The number of rotatable bonds is 5. The summed E-state index contributed by atoms with van der Waals surface area (Å²) in [6.45, 7) is 1.82. The van der Waals surface area contributed by atoms with Gasteiger partial charge in [-0.15, -0.1) is 0 Å². The molecule has 3 aromatic carbocycles. The van der Waals surface area contributed by atoms with Crippen molar-refractivity contribution in [3.05, 3.63) is 94.0 Å². The van der Waals surface area contributed by atoms with E-state index in [0.29, 0.717) is 16.1 Å². The summed E-state index contributed by atoms with van der Waals surface area (Å²) in [4.78, 5) is 14.3. The Morgan fingerprint density at radius 1 is 0.867 bits per heavy atom. The second kappa shape index (κ2) is 8.90. The normalized spacial score (nSPS) is 15.6. The van der Waals surface area contributed by atoms with Gasteiger partial charge in [-0.3, -0.25) is 4.79 Å². The number of piperidine rings is 1. The fourth-order valence-electron chi connectivity index (χ4n) is 4.39. The van der Waals surface area contributed by atoms with Crippen molar-refractivity contribution >= 4 is 17.4 Å². The molecule has 0 unspecified atom stereocenters. The van der Waals surface area contributed by atoms with E-state index in [1.54, 1.807) is 24.3 Å². The molecule has 30 heavy (non-hydrogen) atoms. The molecule has 1 atom stereocenters. The van der Waals surface area contributed by atoms with Crippen LogP contribution in [0.1, 0.15) is 52.4 Å². The molecule has 3 N–H and O–H groups in total. The number of benzene rings is 3. The van der Waals surface area contributed by atoms with Crippen LogP contribution in [0.3, 0.4) is 0 Å². The summed E-state index contributed by atoms with van der Waals surface area (Å²) < 4.78 is 0. The summed E-state index contributed by atoms with van der Waals surface area (Å²) in [5.41, 5.74) is 1.87. The van der Waals surface area contributed by atoms with Crippen molar-refractivity contribution in [2.24, 2.45) is 0 Å². The second-order valence-corrected chi connectivity index (χ2v) is 8.17. The van der Waals surface area contributed by atoms with E-state index in [9.17, 15) is 15.0 Å². The lowest BCUT2D eigenvalue weighted by molar-refractivity contribution is -0.930. The zero-order valence-electron chi connectivity index (χ0n) is 16.6. The largest absolute Gasteiger partial charge is 0.507 e. The lowest BCUT2D eigenvalue weighted by atomic mass is 9.90. The van der Waals surface area contributed by atoms with Crippen molar-refractivity contribution in [3.63, 3.8) is 0 Å². The van der Waals surface area contributed by atoms with E-state index in [1.165, 1.54) is 23.5 Å². The molecule has 5 heteroatoms. The highest BCUT2D eigenvalue weighted by Gasteiger charge is 2.35. The van der Waals surface area contributed by atoms with Crippen LogP contribution in [0.15, 0.2) is 66.7 Å². The Morgan fingerprint density at radius 2 is 1.53 bits per heavy atom. The molecule has 0 aliphatic carbocycles. The van der Waals surface area contributed by atoms with Gasteiger partial charge in [-0.25, -0.2) is 0 Å². The highest BCUT2D eigenvalue weighted by atomic mass is 35.5. The Labute approximate surface area is 181 Å². The van der Waals surface area contributed by atoms with Crippen LogP contribution in [-0.2, 0) is 0 Å². The first kappa shape index (κ1) is 20.5. The average Bonchev–Trinajstić information content (AvgIpc) is 2.78. The van der Waals surface area contributed by atoms with Crippen molar-refractivity contribution in [1.82, 2.24) is 0 Å². The Bertz CT molecular complexity index is 1050. The Hall–Kier alpha value is -2.82. The van der Waals surface area contributed by atoms with Gasteiger partial charge in [0, 0.05) is 11.1 Å². The second-order valence-electron chi connectivity index (χ2n) is 7.76. The number of carbonyl (C=O) groups is 1. The van der Waals surface area contributed by atoms with Crippen LogP contribution in [0.4, 0.5) is 0 Å². The number of nitrogens with one attached hydrogen (secondary N) is 1. The van der Waals surface area contributed by atoms with Gasteiger partial charge in [0.15, 0.2) is 5.78 Å². The van der Waals surface area contributed by atoms with E-state index in [0.717, 1.165) is 31.5 Å². The van der Waals surface area contributed by atoms with E-state index in [-0.39, 0.29) is 28.9 Å². The molecule has 154 valence electrons. The Kier molecular flexibility index (Phi) is 6.07. The maximum absolute atomic E-state index is 13.1. The molecule has 3 aromatic rings. The maximum atomic E-state index is 13.1. The number of likely N-dealkylation sites (tertiary alicyclic amines) is 1. The summed E-state index contributed by atoms with van der Waals surface area (Å²) in [7, 11) is 0. The highest BCUT2D eigenvalue weighted by molar-refractivity contribution is 6.31. The monoisotopic (exact) mass is 422 g/mol. The molecule has 4 nitrogen and oxygen atoms in total. The van der Waals surface area contributed by atoms with E-state index in [4.69, 9.17) is 11.6 Å². The van der Waals surface area contributed by atoms with Gasteiger partial charge >= 0.3 is 0 Å². The van der Waals surface area contributed by atoms with Gasteiger partial charge < -0.3 is 15.1 Å². The number of hydrogen-bond donors (Lipinski definition) is 3. The summed E-state index contributed by atoms with van der Waals surface area (Å²) in [5.74, 6) is -0.479. The molecule has 1 saturated heterocycles. The van der Waals surface area contributed by atoms with Crippen LogP contribution in [0.2, 0.25) is 5.02 Å². The number of quaternary nitrogens is 1. The van der Waals surface area contributed by atoms with Crippen molar-refractivity contribution < 1.29 is 19.9 Å². The zero-order valence-corrected chi connectivity index (χ0v) is 17.4. The third kappa shape index (κ3) is 3.93. The van der Waals surface area contributed by atoms with Crippen LogP contribution in [0, 0.1) is 0 Å². The van der Waals surface area contributed by atoms with Gasteiger partial charge in [0.1, 0.15) is 17.5 Å². The smallest absolute Gasteiger partial charge is 0.196 e. The predicted octanol–water partition coefficient (Wildman–Crippen LogP) is 4.14. The quantitative estimate of drug-likeness (QED) is 0.541. The Balaban J connectivity index is 1.86. The van der Waals surface area contributed by atoms with E-state index >= 15 is 0 Å². The number of halogens is 1.